The van der Waals surface area contributed by atoms with E-state index in [4.69, 9.17) is 9.47 Å². The Kier molecular flexibility index (Phi) is 4.62. The summed E-state index contributed by atoms with van der Waals surface area (Å²) >= 11 is 1.42. The van der Waals surface area contributed by atoms with E-state index in [1.165, 1.54) is 23.6 Å². The van der Waals surface area contributed by atoms with Crippen LogP contribution >= 0.6 is 11.3 Å². The largest absolute Gasteiger partial charge is 0.462 e. The van der Waals surface area contributed by atoms with Gasteiger partial charge in [-0.1, -0.05) is 0 Å². The van der Waals surface area contributed by atoms with E-state index in [0.717, 1.165) is 14.7 Å². The number of esters is 2. The first-order chi connectivity index (χ1) is 13.6. The monoisotopic (exact) mass is 398 g/mol. The SMILES string of the molecule is CCOC(=O)c1c[nH]n2c(=O)cc(COC(=O)c3ccc4ncsc4c3)nc12. The third-order valence-corrected chi connectivity index (χ3v) is 4.76. The third-order valence-electron chi connectivity index (χ3n) is 3.96. The lowest BCUT2D eigenvalue weighted by molar-refractivity contribution is 0.0465. The minimum Gasteiger partial charge on any atom is -0.462 e. The van der Waals surface area contributed by atoms with Gasteiger partial charge in [-0.25, -0.2) is 24.1 Å². The molecule has 28 heavy (non-hydrogen) atoms. The van der Waals surface area contributed by atoms with Crippen LogP contribution in [0.2, 0.25) is 0 Å². The van der Waals surface area contributed by atoms with Crippen LogP contribution in [0.3, 0.4) is 0 Å². The summed E-state index contributed by atoms with van der Waals surface area (Å²) < 4.78 is 12.2. The topological polar surface area (TPSA) is 116 Å². The van der Waals surface area contributed by atoms with E-state index < -0.39 is 17.5 Å². The average Bonchev–Trinajstić information content (AvgIpc) is 3.32. The van der Waals surface area contributed by atoms with Crippen LogP contribution in [0.1, 0.15) is 33.3 Å². The third kappa shape index (κ3) is 3.25. The second-order valence-corrected chi connectivity index (χ2v) is 6.65. The van der Waals surface area contributed by atoms with Crippen LogP contribution in [0.15, 0.2) is 40.8 Å². The Morgan fingerprint density at radius 3 is 2.89 bits per heavy atom. The van der Waals surface area contributed by atoms with Crippen molar-refractivity contribution in [2.45, 2.75) is 13.5 Å². The number of aromatic amines is 1. The van der Waals surface area contributed by atoms with Gasteiger partial charge < -0.3 is 9.47 Å². The fourth-order valence-electron chi connectivity index (χ4n) is 2.67. The van der Waals surface area contributed by atoms with E-state index in [-0.39, 0.29) is 30.1 Å². The normalized spacial score (nSPS) is 11.0. The molecule has 9 nitrogen and oxygen atoms in total. The second-order valence-electron chi connectivity index (χ2n) is 5.76. The van der Waals surface area contributed by atoms with Gasteiger partial charge in [-0.2, -0.15) is 0 Å². The number of ether oxygens (including phenoxy) is 2. The van der Waals surface area contributed by atoms with Crippen molar-refractivity contribution >= 4 is 39.1 Å². The van der Waals surface area contributed by atoms with Crippen molar-refractivity contribution in [3.05, 3.63) is 63.1 Å². The Morgan fingerprint density at radius 2 is 2.07 bits per heavy atom. The van der Waals surface area contributed by atoms with Crippen molar-refractivity contribution in [2.75, 3.05) is 6.61 Å². The molecule has 10 heteroatoms. The van der Waals surface area contributed by atoms with Gasteiger partial charge in [0.15, 0.2) is 5.65 Å². The van der Waals surface area contributed by atoms with E-state index in [1.807, 2.05) is 0 Å². The van der Waals surface area contributed by atoms with Crippen molar-refractivity contribution in [1.29, 1.82) is 0 Å². The van der Waals surface area contributed by atoms with Gasteiger partial charge in [0.1, 0.15) is 12.2 Å². The summed E-state index contributed by atoms with van der Waals surface area (Å²) in [4.78, 5) is 44.9. The smallest absolute Gasteiger partial charge is 0.343 e. The first kappa shape index (κ1) is 17.9. The maximum absolute atomic E-state index is 12.3. The van der Waals surface area contributed by atoms with Crippen LogP contribution in [0.4, 0.5) is 0 Å². The minimum atomic E-state index is -0.597. The van der Waals surface area contributed by atoms with Gasteiger partial charge in [-0.3, -0.25) is 9.89 Å². The number of benzene rings is 1. The fourth-order valence-corrected chi connectivity index (χ4v) is 3.38. The number of thiazole rings is 1. The molecule has 4 rings (SSSR count). The van der Waals surface area contributed by atoms with Gasteiger partial charge in [0.2, 0.25) is 0 Å². The first-order valence-electron chi connectivity index (χ1n) is 8.34. The summed E-state index contributed by atoms with van der Waals surface area (Å²) in [5.41, 5.74) is 2.92. The highest BCUT2D eigenvalue weighted by molar-refractivity contribution is 7.16. The molecule has 1 N–H and O–H groups in total. The predicted molar refractivity (Wildman–Crippen MR) is 101 cm³/mol. The average molecular weight is 398 g/mol. The number of carbonyl (C=O) groups is 2. The quantitative estimate of drug-likeness (QED) is 0.512. The molecule has 4 aromatic rings. The van der Waals surface area contributed by atoms with Gasteiger partial charge >= 0.3 is 11.9 Å². The van der Waals surface area contributed by atoms with E-state index in [0.29, 0.717) is 5.56 Å². The number of hydrogen-bond acceptors (Lipinski definition) is 8. The van der Waals surface area contributed by atoms with E-state index in [2.05, 4.69) is 15.1 Å². The summed E-state index contributed by atoms with van der Waals surface area (Å²) in [6.07, 6.45) is 1.35. The van der Waals surface area contributed by atoms with E-state index in [1.54, 1.807) is 30.6 Å². The maximum Gasteiger partial charge on any atom is 0.343 e. The molecule has 0 atom stereocenters. The Balaban J connectivity index is 1.57. The molecule has 3 aromatic heterocycles. The van der Waals surface area contributed by atoms with Crippen LogP contribution in [-0.2, 0) is 16.1 Å². The summed E-state index contributed by atoms with van der Waals surface area (Å²) in [6, 6.07) is 6.30. The van der Waals surface area contributed by atoms with Gasteiger partial charge in [0, 0.05) is 12.3 Å². The number of aromatic nitrogens is 4. The van der Waals surface area contributed by atoms with E-state index >= 15 is 0 Å². The molecule has 0 saturated heterocycles. The Hall–Kier alpha value is -3.53. The number of H-pyrrole nitrogens is 1. The molecule has 1 aromatic carbocycles. The molecule has 0 unspecified atom stereocenters. The van der Waals surface area contributed by atoms with Crippen LogP contribution in [0.25, 0.3) is 15.9 Å². The van der Waals surface area contributed by atoms with Crippen molar-refractivity contribution in [3.63, 3.8) is 0 Å². The molecule has 0 aliphatic carbocycles. The highest BCUT2D eigenvalue weighted by atomic mass is 32.1. The number of fused-ring (bicyclic) bond motifs is 2. The number of hydrogen-bond donors (Lipinski definition) is 1. The zero-order chi connectivity index (χ0) is 19.7. The Labute approximate surface area is 161 Å². The second kappa shape index (κ2) is 7.24. The molecule has 142 valence electrons. The van der Waals surface area contributed by atoms with Crippen LogP contribution in [-0.4, -0.2) is 38.1 Å². The molecule has 0 aliphatic heterocycles. The maximum atomic E-state index is 12.3. The Bertz CT molecular complexity index is 1260. The molecule has 0 fully saturated rings. The molecule has 0 radical (unpaired) electrons. The predicted octanol–water partition coefficient (Wildman–Crippen LogP) is 2.17. The minimum absolute atomic E-state index is 0.114. The van der Waals surface area contributed by atoms with Crippen LogP contribution in [0, 0.1) is 0 Å². The molecule has 0 spiro atoms. The summed E-state index contributed by atoms with van der Waals surface area (Å²) in [5.74, 6) is -1.14. The lowest BCUT2D eigenvalue weighted by atomic mass is 10.2. The lowest BCUT2D eigenvalue weighted by Gasteiger charge is -2.05. The number of carbonyl (C=O) groups excluding carboxylic acids is 2. The zero-order valence-corrected chi connectivity index (χ0v) is 15.5. The summed E-state index contributed by atoms with van der Waals surface area (Å²) in [5, 5.41) is 2.66. The molecule has 3 heterocycles. The zero-order valence-electron chi connectivity index (χ0n) is 14.7. The van der Waals surface area contributed by atoms with Gasteiger partial charge in [0.05, 0.1) is 33.6 Å². The highest BCUT2D eigenvalue weighted by Crippen LogP contribution is 2.19. The van der Waals surface area contributed by atoms with Gasteiger partial charge in [-0.05, 0) is 25.1 Å². The highest BCUT2D eigenvalue weighted by Gasteiger charge is 2.17. The standard InChI is InChI=1S/C18H14N4O5S/c1-2-26-18(25)12-7-20-22-15(23)6-11(21-16(12)22)8-27-17(24)10-3-4-13-14(5-10)28-9-19-13/h3-7,9,20H,2,8H2,1H3. The van der Waals surface area contributed by atoms with Gasteiger partial charge in [-0.15, -0.1) is 11.3 Å². The van der Waals surface area contributed by atoms with Crippen LogP contribution < -0.4 is 5.56 Å². The molecule has 0 aliphatic rings. The van der Waals surface area contributed by atoms with Gasteiger partial charge in [0.25, 0.3) is 5.56 Å². The molecule has 0 saturated carbocycles. The summed E-state index contributed by atoms with van der Waals surface area (Å²) in [6.45, 7) is 1.67. The van der Waals surface area contributed by atoms with E-state index in [9.17, 15) is 14.4 Å². The summed E-state index contributed by atoms with van der Waals surface area (Å²) in [7, 11) is 0. The van der Waals surface area contributed by atoms with Crippen LogP contribution in [0.5, 0.6) is 0 Å². The van der Waals surface area contributed by atoms with Crippen molar-refractivity contribution in [2.24, 2.45) is 0 Å². The Morgan fingerprint density at radius 1 is 1.21 bits per heavy atom. The molecular weight excluding hydrogens is 384 g/mol. The first-order valence-corrected chi connectivity index (χ1v) is 9.22. The van der Waals surface area contributed by atoms with Crippen molar-refractivity contribution < 1.29 is 19.1 Å². The number of nitrogens with one attached hydrogen (secondary N) is 1. The lowest BCUT2D eigenvalue weighted by Crippen LogP contribution is -2.17. The van der Waals surface area contributed by atoms with Crippen molar-refractivity contribution in [1.82, 2.24) is 19.6 Å². The number of rotatable bonds is 5. The number of nitrogens with zero attached hydrogens (tertiary/aromatic N) is 3. The molecule has 0 amide bonds. The fraction of sp³-hybridized carbons (Fsp3) is 0.167. The molecule has 0 bridgehead atoms. The molecular formula is C18H14N4O5S. The van der Waals surface area contributed by atoms with Crippen molar-refractivity contribution in [3.8, 4) is 0 Å².